The summed E-state index contributed by atoms with van der Waals surface area (Å²) in [6.07, 6.45) is -5.03. The molecule has 2 aromatic rings. The van der Waals surface area contributed by atoms with E-state index in [1.165, 1.54) is 18.2 Å². The van der Waals surface area contributed by atoms with Crippen molar-refractivity contribution in [2.75, 3.05) is 17.2 Å². The van der Waals surface area contributed by atoms with E-state index >= 15 is 0 Å². The third-order valence-corrected chi connectivity index (χ3v) is 3.72. The van der Waals surface area contributed by atoms with Crippen LogP contribution in [-0.2, 0) is 14.3 Å². The van der Waals surface area contributed by atoms with Gasteiger partial charge in [-0.1, -0.05) is 23.2 Å². The van der Waals surface area contributed by atoms with Crippen LogP contribution in [0.15, 0.2) is 42.5 Å². The van der Waals surface area contributed by atoms with Crippen molar-refractivity contribution in [2.24, 2.45) is 0 Å². The van der Waals surface area contributed by atoms with Crippen molar-refractivity contribution in [3.8, 4) is 0 Å². The maximum absolute atomic E-state index is 12.2. The molecule has 0 aromatic heterocycles. The van der Waals surface area contributed by atoms with Crippen molar-refractivity contribution >= 4 is 52.4 Å². The summed E-state index contributed by atoms with van der Waals surface area (Å²) in [4.78, 5) is 34.5. The summed E-state index contributed by atoms with van der Waals surface area (Å²) in [5.74, 6) is -3.68. The Balaban J connectivity index is 1.88. The molecule has 0 fully saturated rings. The van der Waals surface area contributed by atoms with Crippen molar-refractivity contribution in [3.05, 3.63) is 58.1 Å². The first-order chi connectivity index (χ1) is 13.1. The Hall–Kier alpha value is -2.78. The zero-order valence-electron chi connectivity index (χ0n) is 13.8. The highest BCUT2D eigenvalue weighted by molar-refractivity contribution is 6.36. The standard InChI is InChI=1S/C17H11Cl2F3N2O4/c18-10-3-6-13(12(19)7-10)24-14(25)8-28-15(26)9-1-4-11(5-2-9)23-16(27)17(20,21)22/h1-7H,8H2,(H,23,27)(H,24,25). The van der Waals surface area contributed by atoms with Gasteiger partial charge in [0.05, 0.1) is 16.3 Å². The molecule has 0 saturated heterocycles. The van der Waals surface area contributed by atoms with Crippen molar-refractivity contribution < 1.29 is 32.3 Å². The van der Waals surface area contributed by atoms with Gasteiger partial charge in [0.25, 0.3) is 5.91 Å². The molecule has 148 valence electrons. The van der Waals surface area contributed by atoms with Gasteiger partial charge in [0.1, 0.15) is 0 Å². The van der Waals surface area contributed by atoms with Gasteiger partial charge in [-0.15, -0.1) is 0 Å². The van der Waals surface area contributed by atoms with Crippen LogP contribution in [0.3, 0.4) is 0 Å². The second kappa shape index (κ2) is 8.94. The number of amides is 2. The third-order valence-electron chi connectivity index (χ3n) is 3.18. The number of anilines is 2. The number of ether oxygens (including phenoxy) is 1. The van der Waals surface area contributed by atoms with Gasteiger partial charge in [-0.25, -0.2) is 4.79 Å². The van der Waals surface area contributed by atoms with Gasteiger partial charge in [-0.05, 0) is 42.5 Å². The summed E-state index contributed by atoms with van der Waals surface area (Å²) in [7, 11) is 0. The Bertz CT molecular complexity index is 902. The predicted octanol–water partition coefficient (Wildman–Crippen LogP) is 4.29. The Kier molecular flexibility index (Phi) is 6.87. The van der Waals surface area contributed by atoms with E-state index in [4.69, 9.17) is 27.9 Å². The largest absolute Gasteiger partial charge is 0.471 e. The smallest absolute Gasteiger partial charge is 0.452 e. The van der Waals surface area contributed by atoms with Crippen LogP contribution in [-0.4, -0.2) is 30.6 Å². The summed E-state index contributed by atoms with van der Waals surface area (Å²) in [5.41, 5.74) is 0.0909. The van der Waals surface area contributed by atoms with Crippen molar-refractivity contribution in [1.29, 1.82) is 0 Å². The Morgan fingerprint density at radius 1 is 0.964 bits per heavy atom. The van der Waals surface area contributed by atoms with E-state index < -0.39 is 30.6 Å². The molecule has 0 spiro atoms. The molecule has 6 nitrogen and oxygen atoms in total. The number of nitrogens with one attached hydrogen (secondary N) is 2. The van der Waals surface area contributed by atoms with Gasteiger partial charge in [-0.2, -0.15) is 13.2 Å². The second-order valence-corrected chi connectivity index (χ2v) is 6.12. The molecule has 0 radical (unpaired) electrons. The molecule has 2 amide bonds. The van der Waals surface area contributed by atoms with Crippen LogP contribution in [0.25, 0.3) is 0 Å². The van der Waals surface area contributed by atoms with E-state index in [0.717, 1.165) is 24.3 Å². The van der Waals surface area contributed by atoms with Crippen molar-refractivity contribution in [3.63, 3.8) is 0 Å². The minimum absolute atomic E-state index is 0.0256. The molecule has 0 unspecified atom stereocenters. The number of benzene rings is 2. The molecular formula is C17H11Cl2F3N2O4. The third kappa shape index (κ3) is 6.14. The van der Waals surface area contributed by atoms with Crippen molar-refractivity contribution in [2.45, 2.75) is 6.18 Å². The van der Waals surface area contributed by atoms with Crippen LogP contribution in [0.1, 0.15) is 10.4 Å². The van der Waals surface area contributed by atoms with Gasteiger partial charge < -0.3 is 15.4 Å². The molecule has 28 heavy (non-hydrogen) atoms. The molecule has 0 aliphatic carbocycles. The summed E-state index contributed by atoms with van der Waals surface area (Å²) in [6, 6.07) is 8.86. The normalized spacial score (nSPS) is 10.9. The topological polar surface area (TPSA) is 84.5 Å². The molecule has 0 saturated carbocycles. The number of alkyl halides is 3. The van der Waals surface area contributed by atoms with Gasteiger partial charge in [0.15, 0.2) is 6.61 Å². The number of esters is 1. The van der Waals surface area contributed by atoms with E-state index in [-0.39, 0.29) is 22.0 Å². The summed E-state index contributed by atoms with van der Waals surface area (Å²) in [6.45, 7) is -0.621. The average molecular weight is 435 g/mol. The fourth-order valence-electron chi connectivity index (χ4n) is 1.88. The van der Waals surface area contributed by atoms with Crippen molar-refractivity contribution in [1.82, 2.24) is 0 Å². The number of halogens is 5. The zero-order valence-corrected chi connectivity index (χ0v) is 15.3. The first-order valence-electron chi connectivity index (χ1n) is 7.46. The fourth-order valence-corrected chi connectivity index (χ4v) is 2.34. The molecule has 2 rings (SSSR count). The fraction of sp³-hybridized carbons (Fsp3) is 0.118. The monoisotopic (exact) mass is 434 g/mol. The molecule has 0 heterocycles. The van der Waals surface area contributed by atoms with Gasteiger partial charge in [0, 0.05) is 10.7 Å². The summed E-state index contributed by atoms with van der Waals surface area (Å²) < 4.78 is 41.4. The highest BCUT2D eigenvalue weighted by atomic mass is 35.5. The molecular weight excluding hydrogens is 424 g/mol. The first-order valence-corrected chi connectivity index (χ1v) is 8.22. The second-order valence-electron chi connectivity index (χ2n) is 5.28. The SMILES string of the molecule is O=C(COC(=O)c1ccc(NC(=O)C(F)(F)F)cc1)Nc1ccc(Cl)cc1Cl. The average Bonchev–Trinajstić information content (AvgIpc) is 2.62. The van der Waals surface area contributed by atoms with Gasteiger partial charge >= 0.3 is 18.1 Å². The van der Waals surface area contributed by atoms with Crippen LogP contribution in [0.2, 0.25) is 10.0 Å². The van der Waals surface area contributed by atoms with Crippen LogP contribution < -0.4 is 10.6 Å². The number of rotatable bonds is 5. The number of carbonyl (C=O) groups excluding carboxylic acids is 3. The Morgan fingerprint density at radius 3 is 2.18 bits per heavy atom. The number of hydrogen-bond acceptors (Lipinski definition) is 4. The van der Waals surface area contributed by atoms with Gasteiger partial charge in [-0.3, -0.25) is 9.59 Å². The lowest BCUT2D eigenvalue weighted by atomic mass is 10.2. The summed E-state index contributed by atoms with van der Waals surface area (Å²) in [5, 5.41) is 4.64. The number of carbonyl (C=O) groups is 3. The Morgan fingerprint density at radius 2 is 1.61 bits per heavy atom. The predicted molar refractivity (Wildman–Crippen MR) is 96.5 cm³/mol. The minimum atomic E-state index is -5.03. The van der Waals surface area contributed by atoms with Crippen LogP contribution in [0, 0.1) is 0 Å². The van der Waals surface area contributed by atoms with Crippen LogP contribution in [0.5, 0.6) is 0 Å². The maximum Gasteiger partial charge on any atom is 0.471 e. The van der Waals surface area contributed by atoms with E-state index in [1.807, 2.05) is 0 Å². The molecule has 2 N–H and O–H groups in total. The van der Waals surface area contributed by atoms with E-state index in [0.29, 0.717) is 5.02 Å². The highest BCUT2D eigenvalue weighted by Gasteiger charge is 2.38. The van der Waals surface area contributed by atoms with E-state index in [1.54, 1.807) is 5.32 Å². The molecule has 2 aromatic carbocycles. The van der Waals surface area contributed by atoms with E-state index in [2.05, 4.69) is 5.32 Å². The lowest BCUT2D eigenvalue weighted by Crippen LogP contribution is -2.29. The lowest BCUT2D eigenvalue weighted by Gasteiger charge is -2.09. The minimum Gasteiger partial charge on any atom is -0.452 e. The maximum atomic E-state index is 12.2. The molecule has 0 atom stereocenters. The molecule has 11 heteroatoms. The summed E-state index contributed by atoms with van der Waals surface area (Å²) >= 11 is 11.6. The van der Waals surface area contributed by atoms with Crippen LogP contribution >= 0.6 is 23.2 Å². The van der Waals surface area contributed by atoms with Crippen LogP contribution in [0.4, 0.5) is 24.5 Å². The quantitative estimate of drug-likeness (QED) is 0.687. The van der Waals surface area contributed by atoms with E-state index in [9.17, 15) is 27.6 Å². The molecule has 0 aliphatic heterocycles. The molecule has 0 bridgehead atoms. The molecule has 0 aliphatic rings. The highest BCUT2D eigenvalue weighted by Crippen LogP contribution is 2.25. The number of hydrogen-bond donors (Lipinski definition) is 2. The first kappa shape index (κ1) is 21.5. The van der Waals surface area contributed by atoms with Gasteiger partial charge in [0.2, 0.25) is 0 Å². The Labute approximate surface area is 166 Å². The lowest BCUT2D eigenvalue weighted by molar-refractivity contribution is -0.167. The zero-order chi connectivity index (χ0) is 20.9.